The number of halogens is 1. The van der Waals surface area contributed by atoms with E-state index in [1.807, 2.05) is 66.8 Å². The van der Waals surface area contributed by atoms with Crippen molar-refractivity contribution in [3.8, 4) is 11.5 Å². The van der Waals surface area contributed by atoms with Gasteiger partial charge in [-0.1, -0.05) is 6.07 Å². The van der Waals surface area contributed by atoms with Crippen LogP contribution in [-0.4, -0.2) is 98.3 Å². The van der Waals surface area contributed by atoms with E-state index in [0.717, 1.165) is 5.56 Å². The smallest absolute Gasteiger partial charge is 0.410 e. The number of benzene rings is 2. The van der Waals surface area contributed by atoms with E-state index >= 15 is 4.39 Å². The first-order valence-electron chi connectivity index (χ1n) is 19.6. The Labute approximate surface area is 335 Å². The topological polar surface area (TPSA) is 128 Å². The minimum Gasteiger partial charge on any atom is -0.497 e. The van der Waals surface area contributed by atoms with Crippen LogP contribution in [0.1, 0.15) is 62.4 Å². The second-order valence-corrected chi connectivity index (χ2v) is 16.2. The zero-order chi connectivity index (χ0) is 40.9. The highest BCUT2D eigenvalue weighted by Gasteiger charge is 2.37. The largest absolute Gasteiger partial charge is 0.497 e. The Balaban J connectivity index is 1.11. The number of allylic oxidation sites excluding steroid dienone is 2. The number of rotatable bonds is 8. The molecule has 2 aromatic carbocycles. The van der Waals surface area contributed by atoms with E-state index in [9.17, 15) is 19.2 Å². The number of imidazole rings is 1. The third-order valence-corrected chi connectivity index (χ3v) is 11.2. The van der Waals surface area contributed by atoms with Gasteiger partial charge in [0.1, 0.15) is 28.6 Å². The van der Waals surface area contributed by atoms with Crippen molar-refractivity contribution >= 4 is 51.4 Å². The van der Waals surface area contributed by atoms with Crippen LogP contribution in [0.25, 0.3) is 27.7 Å². The van der Waals surface area contributed by atoms with E-state index in [1.165, 1.54) is 12.1 Å². The van der Waals surface area contributed by atoms with Crippen molar-refractivity contribution in [1.29, 1.82) is 0 Å². The van der Waals surface area contributed by atoms with E-state index in [1.54, 1.807) is 46.9 Å². The van der Waals surface area contributed by atoms with Gasteiger partial charge in [0, 0.05) is 79.8 Å². The summed E-state index contributed by atoms with van der Waals surface area (Å²) in [5, 5.41) is 0.505. The van der Waals surface area contributed by atoms with Crippen molar-refractivity contribution < 1.29 is 37.8 Å². The molecule has 0 atom stereocenters. The lowest BCUT2D eigenvalue weighted by atomic mass is 9.96. The van der Waals surface area contributed by atoms with Gasteiger partial charge in [0.25, 0.3) is 0 Å². The second kappa shape index (κ2) is 15.3. The number of ketones is 2. The molecule has 5 heterocycles. The number of fused-ring (bicyclic) bond motifs is 1. The molecular formula is C44H47FN6O7. The number of carbonyl (C=O) groups excluding carboxylic acids is 4. The molecular weight excluding hydrogens is 744 g/mol. The number of ether oxygens (including phenoxy) is 3. The quantitative estimate of drug-likeness (QED) is 0.154. The van der Waals surface area contributed by atoms with Crippen molar-refractivity contribution in [3.63, 3.8) is 0 Å². The highest BCUT2D eigenvalue weighted by atomic mass is 19.1. The number of carbonyl (C=O) groups is 4. The Hall–Kier alpha value is -6.18. The summed E-state index contributed by atoms with van der Waals surface area (Å²) < 4.78 is 36.2. The van der Waals surface area contributed by atoms with Gasteiger partial charge in [-0.25, -0.2) is 19.0 Å². The van der Waals surface area contributed by atoms with Crippen LogP contribution in [0.2, 0.25) is 0 Å². The Morgan fingerprint density at radius 3 is 2.45 bits per heavy atom. The molecule has 3 aromatic heterocycles. The monoisotopic (exact) mass is 790 g/mol. The molecule has 0 unspecified atom stereocenters. The fraction of sp³-hybridized carbons (Fsp3) is 0.386. The molecule has 0 N–H and O–H groups in total. The van der Waals surface area contributed by atoms with Gasteiger partial charge in [-0.05, 0) is 81.5 Å². The molecule has 3 aliphatic rings. The van der Waals surface area contributed by atoms with Crippen molar-refractivity contribution in [3.05, 3.63) is 95.3 Å². The predicted molar refractivity (Wildman–Crippen MR) is 215 cm³/mol. The van der Waals surface area contributed by atoms with Crippen molar-refractivity contribution in [2.45, 2.75) is 65.3 Å². The number of methoxy groups -OCH3 is 2. The number of piperidine rings is 1. The van der Waals surface area contributed by atoms with Crippen molar-refractivity contribution in [1.82, 2.24) is 28.7 Å². The van der Waals surface area contributed by atoms with E-state index < -0.39 is 11.4 Å². The molecule has 3 amide bonds. The summed E-state index contributed by atoms with van der Waals surface area (Å²) in [7, 11) is 3.16. The summed E-state index contributed by atoms with van der Waals surface area (Å²) >= 11 is 0. The van der Waals surface area contributed by atoms with E-state index in [0.29, 0.717) is 90.4 Å². The molecule has 14 heteroatoms. The Morgan fingerprint density at radius 1 is 0.931 bits per heavy atom. The van der Waals surface area contributed by atoms with Crippen LogP contribution in [-0.2, 0) is 34.0 Å². The molecule has 0 saturated carbocycles. The molecule has 13 nitrogen and oxygen atoms in total. The predicted octanol–water partition coefficient (Wildman–Crippen LogP) is 6.98. The van der Waals surface area contributed by atoms with E-state index in [-0.39, 0.29) is 60.3 Å². The van der Waals surface area contributed by atoms with Gasteiger partial charge in [-0.15, -0.1) is 0 Å². The lowest BCUT2D eigenvalue weighted by molar-refractivity contribution is -0.119. The molecule has 1 fully saturated rings. The number of aromatic nitrogens is 3. The average molecular weight is 791 g/mol. The number of urea groups is 1. The summed E-state index contributed by atoms with van der Waals surface area (Å²) in [4.78, 5) is 64.4. The summed E-state index contributed by atoms with van der Waals surface area (Å²) in [6.45, 7) is 8.04. The Kier molecular flexibility index (Phi) is 10.2. The maximum Gasteiger partial charge on any atom is 0.410 e. The number of amides is 3. The molecule has 8 rings (SSSR count). The van der Waals surface area contributed by atoms with Gasteiger partial charge >= 0.3 is 12.1 Å². The average Bonchev–Trinajstić information content (AvgIpc) is 3.82. The molecule has 0 radical (unpaired) electrons. The summed E-state index contributed by atoms with van der Waals surface area (Å²) in [5.41, 5.74) is 3.65. The second-order valence-electron chi connectivity index (χ2n) is 16.2. The van der Waals surface area contributed by atoms with Crippen LogP contribution in [0.4, 0.5) is 14.0 Å². The van der Waals surface area contributed by atoms with E-state index in [2.05, 4.69) is 4.98 Å². The summed E-state index contributed by atoms with van der Waals surface area (Å²) in [5.74, 6) is 0.170. The fourth-order valence-corrected chi connectivity index (χ4v) is 8.47. The molecule has 1 saturated heterocycles. The van der Waals surface area contributed by atoms with Gasteiger partial charge in [0.15, 0.2) is 11.6 Å². The number of likely N-dealkylation sites (tertiary alicyclic amines) is 1. The highest BCUT2D eigenvalue weighted by molar-refractivity contribution is 6.51. The van der Waals surface area contributed by atoms with Gasteiger partial charge < -0.3 is 33.5 Å². The standard InChI is InChI=1S/C44H47FN6O7/c1-44(2,3)58-43(55)47-14-11-27(12-15-47)23-50(24-28-9-10-31(56-4)20-37(28)57-5)42(54)49-17-16-48-26-33(32-19-30(45)18-29(25-49)41(32)48)39-35(52)21-36(53)40(39)34-22-46-38-8-6-7-13-51(34)38/h6-10,13,18-20,22,26-27H,11-12,14-17,21,23-25H2,1-5H3. The molecule has 0 spiro atoms. The molecule has 302 valence electrons. The van der Waals surface area contributed by atoms with Crippen LogP contribution < -0.4 is 9.47 Å². The summed E-state index contributed by atoms with van der Waals surface area (Å²) in [6, 6.07) is 13.6. The first-order chi connectivity index (χ1) is 27.8. The zero-order valence-electron chi connectivity index (χ0n) is 33.4. The Morgan fingerprint density at radius 2 is 1.71 bits per heavy atom. The van der Waals surface area contributed by atoms with Crippen LogP contribution in [0.5, 0.6) is 11.5 Å². The fourth-order valence-electron chi connectivity index (χ4n) is 8.47. The SMILES string of the molecule is COc1ccc(CN(CC2CCN(C(=O)OC(C)(C)C)CC2)C(=O)N2CCn3cc(C4=C(c5cnc6ccccn56)C(=O)CC4=O)c4cc(F)cc(c43)C2)c(OC)c1. The van der Waals surface area contributed by atoms with E-state index in [4.69, 9.17) is 14.2 Å². The van der Waals surface area contributed by atoms with Crippen LogP contribution in [0.3, 0.4) is 0 Å². The number of nitrogens with zero attached hydrogens (tertiary/aromatic N) is 6. The van der Waals surface area contributed by atoms with Crippen molar-refractivity contribution in [2.24, 2.45) is 5.92 Å². The maximum absolute atomic E-state index is 15.7. The van der Waals surface area contributed by atoms with Gasteiger partial charge in [0.05, 0.1) is 50.2 Å². The van der Waals surface area contributed by atoms with Crippen LogP contribution in [0, 0.1) is 11.7 Å². The lowest BCUT2D eigenvalue weighted by Gasteiger charge is -2.37. The first-order valence-corrected chi connectivity index (χ1v) is 19.6. The van der Waals surface area contributed by atoms with Gasteiger partial charge in [0.2, 0.25) is 0 Å². The molecule has 58 heavy (non-hydrogen) atoms. The summed E-state index contributed by atoms with van der Waals surface area (Å²) in [6.07, 6.45) is 5.96. The number of hydrogen-bond acceptors (Lipinski definition) is 8. The zero-order valence-corrected chi connectivity index (χ0v) is 33.4. The minimum atomic E-state index is -0.597. The molecule has 1 aliphatic carbocycles. The van der Waals surface area contributed by atoms with Crippen molar-refractivity contribution in [2.75, 3.05) is 40.4 Å². The lowest BCUT2D eigenvalue weighted by Crippen LogP contribution is -2.47. The number of pyridine rings is 1. The van der Waals surface area contributed by atoms with Crippen LogP contribution >= 0.6 is 0 Å². The third kappa shape index (κ3) is 7.38. The molecule has 5 aromatic rings. The maximum atomic E-state index is 15.7. The van der Waals surface area contributed by atoms with Gasteiger partial charge in [-0.3, -0.25) is 14.0 Å². The third-order valence-electron chi connectivity index (χ3n) is 11.2. The highest BCUT2D eigenvalue weighted by Crippen LogP contribution is 2.41. The Bertz CT molecular complexity index is 2490. The van der Waals surface area contributed by atoms with Crippen LogP contribution in [0.15, 0.2) is 67.1 Å². The molecule has 0 bridgehead atoms. The number of Topliss-reactive ketones (excluding diaryl/α,β-unsaturated/α-hetero) is 2. The molecule has 2 aliphatic heterocycles. The van der Waals surface area contributed by atoms with Gasteiger partial charge in [-0.2, -0.15) is 0 Å². The number of hydrogen-bond donors (Lipinski definition) is 0. The minimum absolute atomic E-state index is 0.109. The first kappa shape index (κ1) is 38.7. The normalized spacial score (nSPS) is 16.4.